The van der Waals surface area contributed by atoms with Crippen molar-refractivity contribution >= 4 is 0 Å². The quantitative estimate of drug-likeness (QED) is 0.631. The van der Waals surface area contributed by atoms with Gasteiger partial charge in [-0.2, -0.15) is 0 Å². The first-order valence-electron chi connectivity index (χ1n) is 11.3. The Hall–Kier alpha value is -2.60. The summed E-state index contributed by atoms with van der Waals surface area (Å²) < 4.78 is 28.4. The third-order valence-corrected chi connectivity index (χ3v) is 7.37. The fraction of sp³-hybridized carbons (Fsp3) is 0.538. The number of fused-ring (bicyclic) bond motifs is 2. The van der Waals surface area contributed by atoms with E-state index < -0.39 is 0 Å². The summed E-state index contributed by atoms with van der Waals surface area (Å²) in [6.07, 6.45) is 6.10. The minimum atomic E-state index is 0.0264. The summed E-state index contributed by atoms with van der Waals surface area (Å²) in [7, 11) is 10.6. The Bertz CT molecular complexity index is 942. The van der Waals surface area contributed by atoms with E-state index >= 15 is 0 Å². The van der Waals surface area contributed by atoms with E-state index in [1.165, 1.54) is 36.8 Å². The molecular weight excluding hydrogens is 406 g/mol. The van der Waals surface area contributed by atoms with Crippen LogP contribution in [0.3, 0.4) is 0 Å². The highest BCUT2D eigenvalue weighted by Gasteiger charge is 2.42. The van der Waals surface area contributed by atoms with Gasteiger partial charge in [-0.25, -0.2) is 0 Å². The molecule has 0 unspecified atom stereocenters. The van der Waals surface area contributed by atoms with Crippen LogP contribution < -0.4 is 23.7 Å². The second kappa shape index (κ2) is 9.10. The fourth-order valence-corrected chi connectivity index (χ4v) is 5.74. The Morgan fingerprint density at radius 1 is 0.719 bits per heavy atom. The maximum atomic E-state index is 5.73. The third kappa shape index (κ3) is 3.64. The van der Waals surface area contributed by atoms with E-state index in [0.29, 0.717) is 17.2 Å². The highest BCUT2D eigenvalue weighted by molar-refractivity contribution is 5.58. The molecule has 4 rings (SSSR count). The number of hydrogen-bond donors (Lipinski definition) is 0. The van der Waals surface area contributed by atoms with Crippen molar-refractivity contribution in [1.29, 1.82) is 0 Å². The molecule has 2 aromatic rings. The van der Waals surface area contributed by atoms with Gasteiger partial charge in [0.25, 0.3) is 0 Å². The summed E-state index contributed by atoms with van der Waals surface area (Å²) in [5.74, 6) is 3.49. The lowest BCUT2D eigenvalue weighted by Crippen LogP contribution is -2.27. The van der Waals surface area contributed by atoms with E-state index in [2.05, 4.69) is 36.2 Å². The number of rotatable bonds is 6. The van der Waals surface area contributed by atoms with Crippen LogP contribution in [0.4, 0.5) is 0 Å². The van der Waals surface area contributed by atoms with Gasteiger partial charge >= 0.3 is 0 Å². The van der Waals surface area contributed by atoms with Gasteiger partial charge in [0.2, 0.25) is 5.75 Å². The zero-order chi connectivity index (χ0) is 22.9. The standard InChI is InChI=1S/C26H35NO5/c1-27-12-11-26(9-7-8-10-26)19-16-21(29-3)20(28-2)15-18(19)24(27)17-13-22(30-4)25(32-6)23(14-17)31-5/h13-16,24H,7-12H2,1-6H3/t24-/m1/s1. The second-order valence-corrected chi connectivity index (χ2v) is 8.87. The van der Waals surface area contributed by atoms with Gasteiger partial charge < -0.3 is 23.7 Å². The molecule has 1 heterocycles. The zero-order valence-corrected chi connectivity index (χ0v) is 20.1. The van der Waals surface area contributed by atoms with Crippen LogP contribution in [-0.2, 0) is 5.41 Å². The van der Waals surface area contributed by atoms with E-state index in [4.69, 9.17) is 23.7 Å². The van der Waals surface area contributed by atoms with E-state index in [-0.39, 0.29) is 11.5 Å². The largest absolute Gasteiger partial charge is 0.493 e. The second-order valence-electron chi connectivity index (χ2n) is 8.87. The minimum Gasteiger partial charge on any atom is -0.493 e. The van der Waals surface area contributed by atoms with E-state index in [1.54, 1.807) is 35.5 Å². The van der Waals surface area contributed by atoms with Crippen LogP contribution in [0.15, 0.2) is 24.3 Å². The first-order chi connectivity index (χ1) is 15.5. The molecule has 0 N–H and O–H groups in total. The van der Waals surface area contributed by atoms with Crippen LogP contribution in [-0.4, -0.2) is 54.0 Å². The van der Waals surface area contributed by atoms with Gasteiger partial charge in [0, 0.05) is 0 Å². The van der Waals surface area contributed by atoms with Gasteiger partial charge in [0.1, 0.15) is 0 Å². The highest BCUT2D eigenvalue weighted by atomic mass is 16.5. The topological polar surface area (TPSA) is 49.4 Å². The predicted molar refractivity (Wildman–Crippen MR) is 125 cm³/mol. The average molecular weight is 442 g/mol. The van der Waals surface area contributed by atoms with Crippen molar-refractivity contribution in [1.82, 2.24) is 4.90 Å². The van der Waals surface area contributed by atoms with Gasteiger partial charge in [-0.15, -0.1) is 0 Å². The molecule has 2 aliphatic rings. The molecule has 1 saturated carbocycles. The van der Waals surface area contributed by atoms with Crippen LogP contribution >= 0.6 is 0 Å². The molecular formula is C26H35NO5. The number of hydrogen-bond acceptors (Lipinski definition) is 6. The Kier molecular flexibility index (Phi) is 6.42. The summed E-state index contributed by atoms with van der Waals surface area (Å²) in [5, 5.41) is 0. The van der Waals surface area contributed by atoms with E-state index in [0.717, 1.165) is 30.0 Å². The lowest BCUT2D eigenvalue weighted by Gasteiger charge is -2.31. The van der Waals surface area contributed by atoms with Crippen LogP contribution in [0, 0.1) is 0 Å². The number of benzene rings is 2. The summed E-state index contributed by atoms with van der Waals surface area (Å²) >= 11 is 0. The summed E-state index contributed by atoms with van der Waals surface area (Å²) in [6.45, 7) is 1.00. The maximum absolute atomic E-state index is 5.73. The summed E-state index contributed by atoms with van der Waals surface area (Å²) in [6, 6.07) is 8.55. The molecule has 1 spiro atoms. The first kappa shape index (κ1) is 22.6. The van der Waals surface area contributed by atoms with Gasteiger partial charge in [0.05, 0.1) is 41.6 Å². The van der Waals surface area contributed by atoms with Crippen LogP contribution in [0.2, 0.25) is 0 Å². The Morgan fingerprint density at radius 2 is 1.28 bits per heavy atom. The minimum absolute atomic E-state index is 0.0264. The Morgan fingerprint density at radius 3 is 1.81 bits per heavy atom. The molecule has 0 aromatic heterocycles. The summed E-state index contributed by atoms with van der Waals surface area (Å²) in [4.78, 5) is 2.43. The smallest absolute Gasteiger partial charge is 0.203 e. The molecule has 2 aromatic carbocycles. The molecule has 1 aliphatic heterocycles. The Balaban J connectivity index is 1.97. The molecule has 0 radical (unpaired) electrons. The monoisotopic (exact) mass is 441 g/mol. The van der Waals surface area contributed by atoms with Crippen LogP contribution in [0.25, 0.3) is 0 Å². The van der Waals surface area contributed by atoms with Crippen molar-refractivity contribution in [2.45, 2.75) is 43.6 Å². The van der Waals surface area contributed by atoms with Crippen molar-refractivity contribution in [2.24, 2.45) is 0 Å². The average Bonchev–Trinajstić information content (AvgIpc) is 3.27. The van der Waals surface area contributed by atoms with Crippen molar-refractivity contribution in [2.75, 3.05) is 49.1 Å². The van der Waals surface area contributed by atoms with Gasteiger partial charge in [-0.3, -0.25) is 4.90 Å². The van der Waals surface area contributed by atoms with Crippen LogP contribution in [0.1, 0.15) is 54.8 Å². The van der Waals surface area contributed by atoms with Gasteiger partial charge in [-0.05, 0) is 79.2 Å². The lowest BCUT2D eigenvalue weighted by molar-refractivity contribution is 0.259. The normalized spacial score (nSPS) is 19.9. The molecule has 6 heteroatoms. The molecule has 0 amide bonds. The molecule has 1 fully saturated rings. The number of methoxy groups -OCH3 is 5. The molecule has 1 aliphatic carbocycles. The van der Waals surface area contributed by atoms with Crippen molar-refractivity contribution in [3.8, 4) is 28.7 Å². The SMILES string of the molecule is COc1cc2c(cc1OC)C1(CCCC1)CCN(C)[C@@H]2c1cc(OC)c(OC)c(OC)c1. The fourth-order valence-electron chi connectivity index (χ4n) is 5.74. The molecule has 6 nitrogen and oxygen atoms in total. The van der Waals surface area contributed by atoms with E-state index in [1.807, 2.05) is 0 Å². The molecule has 0 bridgehead atoms. The van der Waals surface area contributed by atoms with E-state index in [9.17, 15) is 0 Å². The van der Waals surface area contributed by atoms with Crippen molar-refractivity contribution in [3.05, 3.63) is 41.0 Å². The lowest BCUT2D eigenvalue weighted by atomic mass is 9.73. The molecule has 1 atom stereocenters. The van der Waals surface area contributed by atoms with Gasteiger partial charge in [0.15, 0.2) is 23.0 Å². The van der Waals surface area contributed by atoms with Gasteiger partial charge in [-0.1, -0.05) is 12.8 Å². The number of ether oxygens (including phenoxy) is 5. The zero-order valence-electron chi connectivity index (χ0n) is 20.1. The molecule has 32 heavy (non-hydrogen) atoms. The molecule has 174 valence electrons. The predicted octanol–water partition coefficient (Wildman–Crippen LogP) is 4.97. The molecule has 0 saturated heterocycles. The number of nitrogens with zero attached hydrogens (tertiary/aromatic N) is 1. The third-order valence-electron chi connectivity index (χ3n) is 7.37. The summed E-state index contributed by atoms with van der Waals surface area (Å²) in [5.41, 5.74) is 3.93. The Labute approximate surface area is 191 Å². The highest BCUT2D eigenvalue weighted by Crippen LogP contribution is 2.53. The first-order valence-corrected chi connectivity index (χ1v) is 11.3. The van der Waals surface area contributed by atoms with Crippen molar-refractivity contribution < 1.29 is 23.7 Å². The van der Waals surface area contributed by atoms with Crippen LogP contribution in [0.5, 0.6) is 28.7 Å². The van der Waals surface area contributed by atoms with Crippen molar-refractivity contribution in [3.63, 3.8) is 0 Å². The maximum Gasteiger partial charge on any atom is 0.203 e.